The Labute approximate surface area is 91.6 Å². The van der Waals surface area contributed by atoms with E-state index in [4.69, 9.17) is 5.73 Å². The van der Waals surface area contributed by atoms with Crippen molar-refractivity contribution in [3.05, 3.63) is 18.0 Å². The predicted octanol–water partition coefficient (Wildman–Crippen LogP) is 2.72. The Morgan fingerprint density at radius 3 is 2.31 bits per heavy atom. The Bertz CT molecular complexity index is 110. The Morgan fingerprint density at radius 2 is 2.15 bits per heavy atom. The number of carbonyl (C=O) groups is 1. The van der Waals surface area contributed by atoms with Crippen molar-refractivity contribution in [3.63, 3.8) is 0 Å². The van der Waals surface area contributed by atoms with Crippen LogP contribution in [0, 0.1) is 6.92 Å². The second-order valence-electron chi connectivity index (χ2n) is 2.69. The van der Waals surface area contributed by atoms with Gasteiger partial charge in [-0.05, 0) is 12.8 Å². The average molecular weight is 221 g/mol. The molecule has 0 aromatic heterocycles. The van der Waals surface area contributed by atoms with Crippen molar-refractivity contribution in [2.75, 3.05) is 13.1 Å². The first-order valence-electron chi connectivity index (χ1n) is 4.45. The van der Waals surface area contributed by atoms with Crippen LogP contribution in [0.4, 0.5) is 0 Å². The van der Waals surface area contributed by atoms with Crippen molar-refractivity contribution in [2.24, 2.45) is 0 Å². The van der Waals surface area contributed by atoms with E-state index in [-0.39, 0.29) is 23.3 Å². The number of unbranched alkanes of at least 4 members (excludes halogenated alkanes) is 1. The van der Waals surface area contributed by atoms with Gasteiger partial charge in [0.25, 0.3) is 0 Å². The van der Waals surface area contributed by atoms with Crippen molar-refractivity contribution in [2.45, 2.75) is 32.1 Å². The summed E-state index contributed by atoms with van der Waals surface area (Å²) in [6.07, 6.45) is 4.68. The molecule has 0 atom stereocenters. The fraction of sp³-hybridized carbons (Fsp3) is 0.778. The molecule has 0 unspecified atom stereocenters. The molecule has 75 valence electrons. The first-order chi connectivity index (χ1) is 5.81. The molecule has 1 saturated heterocycles. The minimum atomic E-state index is 0. The minimum absolute atomic E-state index is 0. The minimum Gasteiger partial charge on any atom is -0.677 e. The van der Waals surface area contributed by atoms with Gasteiger partial charge in [-0.25, -0.2) is 0 Å². The van der Waals surface area contributed by atoms with E-state index in [1.54, 1.807) is 0 Å². The van der Waals surface area contributed by atoms with Crippen LogP contribution >= 0.6 is 0 Å². The third kappa shape index (κ3) is 12.0. The second kappa shape index (κ2) is 12.0. The van der Waals surface area contributed by atoms with Crippen LogP contribution in [0.1, 0.15) is 32.1 Å². The van der Waals surface area contributed by atoms with E-state index < -0.39 is 0 Å². The fourth-order valence-electron chi connectivity index (χ4n) is 0.796. The number of amides is 1. The molecule has 1 aliphatic rings. The van der Waals surface area contributed by atoms with Crippen molar-refractivity contribution in [1.82, 2.24) is 0 Å². The van der Waals surface area contributed by atoms with Gasteiger partial charge in [0.2, 0.25) is 0 Å². The molecule has 1 rings (SSSR count). The third-order valence-electron chi connectivity index (χ3n) is 1.51. The Kier molecular flexibility index (Phi) is 14.2. The van der Waals surface area contributed by atoms with Crippen molar-refractivity contribution in [1.29, 1.82) is 0 Å². The molecular weight excluding hydrogens is 204 g/mol. The number of nitrogens with one attached hydrogen (secondary N) is 1. The van der Waals surface area contributed by atoms with Gasteiger partial charge in [0.05, 0.1) is 5.91 Å². The maximum Gasteiger partial charge on any atom is 3.00 e. The monoisotopic (exact) mass is 221 g/mol. The van der Waals surface area contributed by atoms with E-state index in [0.29, 0.717) is 13.0 Å². The van der Waals surface area contributed by atoms with E-state index >= 15 is 0 Å². The largest absolute Gasteiger partial charge is 3.00 e. The van der Waals surface area contributed by atoms with Gasteiger partial charge >= 0.3 is 17.4 Å². The summed E-state index contributed by atoms with van der Waals surface area (Å²) in [5.41, 5.74) is 6.56. The molecule has 3 nitrogen and oxygen atoms in total. The zero-order valence-electron chi connectivity index (χ0n) is 7.92. The normalized spacial score (nSPS) is 14.8. The Morgan fingerprint density at radius 1 is 1.46 bits per heavy atom. The molecule has 1 amide bonds. The summed E-state index contributed by atoms with van der Waals surface area (Å²) in [6.45, 7) is 4.85. The number of carbonyl (C=O) groups excluding carboxylic acids is 1. The summed E-state index contributed by atoms with van der Waals surface area (Å²) < 4.78 is 0. The van der Waals surface area contributed by atoms with Crippen LogP contribution < -0.4 is 0 Å². The van der Waals surface area contributed by atoms with Crippen molar-refractivity contribution < 1.29 is 22.2 Å². The molecule has 1 heterocycles. The quantitative estimate of drug-likeness (QED) is 0.661. The molecule has 13 heavy (non-hydrogen) atoms. The maximum absolute atomic E-state index is 10.3. The van der Waals surface area contributed by atoms with Gasteiger partial charge in [-0.15, -0.1) is 6.54 Å². The smallest absolute Gasteiger partial charge is 0.677 e. The van der Waals surface area contributed by atoms with Crippen LogP contribution in [0.25, 0.3) is 11.1 Å². The van der Waals surface area contributed by atoms with Gasteiger partial charge in [0.1, 0.15) is 0 Å². The standard InChI is InChI=1S/C5H9NO.C4H9N.Cr/c7-5-3-1-2-4-6-5;1-2-3-4-5;/h1-4H2,(H,6,7);5H,1-4H2;/q;-2;+3/p-1. The summed E-state index contributed by atoms with van der Waals surface area (Å²) in [6, 6.07) is 0. The molecule has 0 aliphatic carbocycles. The number of hydrogen-bond acceptors (Lipinski definition) is 1. The second-order valence-corrected chi connectivity index (χ2v) is 2.69. The van der Waals surface area contributed by atoms with Crippen LogP contribution in [0.15, 0.2) is 0 Å². The molecule has 4 heteroatoms. The van der Waals surface area contributed by atoms with Crippen molar-refractivity contribution in [3.8, 4) is 0 Å². The molecule has 1 aliphatic heterocycles. The predicted molar refractivity (Wildman–Crippen MR) is 50.9 cm³/mol. The fourth-order valence-corrected chi connectivity index (χ4v) is 0.796. The van der Waals surface area contributed by atoms with E-state index in [2.05, 4.69) is 12.2 Å². The van der Waals surface area contributed by atoms with E-state index in [1.807, 2.05) is 0 Å². The van der Waals surface area contributed by atoms with E-state index in [9.17, 15) is 4.79 Å². The zero-order valence-corrected chi connectivity index (χ0v) is 9.20. The first-order valence-corrected chi connectivity index (χ1v) is 4.45. The van der Waals surface area contributed by atoms with Gasteiger partial charge < -0.3 is 22.8 Å². The molecule has 0 aromatic rings. The number of rotatable bonds is 2. The summed E-state index contributed by atoms with van der Waals surface area (Å²) in [5, 5.41) is 3.69. The molecule has 1 radical (unpaired) electrons. The zero-order chi connectivity index (χ0) is 9.23. The Balaban J connectivity index is 0. The topological polar surface area (TPSA) is 55.0 Å². The molecule has 1 N–H and O–H groups in total. The third-order valence-corrected chi connectivity index (χ3v) is 1.51. The molecule has 0 aromatic carbocycles. The molecule has 0 spiro atoms. The van der Waals surface area contributed by atoms with Crippen LogP contribution in [-0.4, -0.2) is 19.0 Å². The molecule has 1 fully saturated rings. The first kappa shape index (κ1) is 15.4. The van der Waals surface area contributed by atoms with E-state index in [1.165, 1.54) is 0 Å². The van der Waals surface area contributed by atoms with Crippen LogP contribution in [0.2, 0.25) is 0 Å². The SMILES string of the molecule is O=C1CCCC[N-]1.[CH2-]CCC[NH-].[Cr+3]. The molecule has 0 saturated carbocycles. The molecule has 0 bridgehead atoms. The average Bonchev–Trinajstić information content (AvgIpc) is 2.08. The van der Waals surface area contributed by atoms with E-state index in [0.717, 1.165) is 32.2 Å². The summed E-state index contributed by atoms with van der Waals surface area (Å²) >= 11 is 0. The van der Waals surface area contributed by atoms with Gasteiger partial charge in [-0.3, -0.25) is 0 Å². The number of piperidine rings is 1. The van der Waals surface area contributed by atoms with Crippen LogP contribution in [0.3, 0.4) is 0 Å². The molecular formula is C9H17CrN2O. The maximum atomic E-state index is 10.3. The summed E-state index contributed by atoms with van der Waals surface area (Å²) in [4.78, 5) is 10.3. The van der Waals surface area contributed by atoms with Gasteiger partial charge in [-0.1, -0.05) is 12.8 Å². The summed E-state index contributed by atoms with van der Waals surface area (Å²) in [5.74, 6) is 0.0891. The summed E-state index contributed by atoms with van der Waals surface area (Å²) in [7, 11) is 0. The van der Waals surface area contributed by atoms with Crippen LogP contribution in [-0.2, 0) is 22.2 Å². The van der Waals surface area contributed by atoms with Gasteiger partial charge in [-0.2, -0.15) is 13.0 Å². The van der Waals surface area contributed by atoms with Gasteiger partial charge in [0, 0.05) is 0 Å². The number of hydrogen-bond donors (Lipinski definition) is 0. The van der Waals surface area contributed by atoms with Crippen molar-refractivity contribution >= 4 is 5.91 Å². The van der Waals surface area contributed by atoms with Gasteiger partial charge in [0.15, 0.2) is 0 Å². The number of nitrogens with zero attached hydrogens (tertiary/aromatic N) is 1. The Hall–Kier alpha value is -0.0375. The van der Waals surface area contributed by atoms with Crippen LogP contribution in [0.5, 0.6) is 0 Å².